The van der Waals surface area contributed by atoms with E-state index in [1.807, 2.05) is 6.34 Å². The van der Waals surface area contributed by atoms with Gasteiger partial charge in [-0.15, -0.1) is 0 Å². The van der Waals surface area contributed by atoms with Crippen LogP contribution in [-0.2, 0) is 11.3 Å². The second-order valence-electron chi connectivity index (χ2n) is 3.62. The Morgan fingerprint density at radius 3 is 3.14 bits per heavy atom. The lowest BCUT2D eigenvalue weighted by Crippen LogP contribution is -2.25. The monoisotopic (exact) mass is 188 g/mol. The smallest absolute Gasteiger partial charge is 0.157 e. The van der Waals surface area contributed by atoms with Crippen LogP contribution in [0.4, 0.5) is 0 Å². The zero-order valence-electron chi connectivity index (χ0n) is 7.89. The van der Waals surface area contributed by atoms with Gasteiger partial charge in [0.15, 0.2) is 6.23 Å². The number of ether oxygens (including phenoxy) is 1. The lowest BCUT2D eigenvalue weighted by Gasteiger charge is -2.22. The molecule has 2 heterocycles. The molecule has 0 bridgehead atoms. The highest BCUT2D eigenvalue weighted by atomic mass is 16.5. The van der Waals surface area contributed by atoms with Crippen molar-refractivity contribution in [1.29, 1.82) is 0 Å². The summed E-state index contributed by atoms with van der Waals surface area (Å²) in [7, 11) is 0. The summed E-state index contributed by atoms with van der Waals surface area (Å²) in [5, 5.41) is 0. The SMILES string of the molecule is C1=NCCN1C1OCc2ccccc21. The van der Waals surface area contributed by atoms with E-state index in [-0.39, 0.29) is 6.23 Å². The van der Waals surface area contributed by atoms with Gasteiger partial charge >= 0.3 is 0 Å². The van der Waals surface area contributed by atoms with Gasteiger partial charge in [0.25, 0.3) is 0 Å². The predicted molar refractivity (Wildman–Crippen MR) is 54.0 cm³/mol. The second kappa shape index (κ2) is 3.10. The lowest BCUT2D eigenvalue weighted by atomic mass is 10.1. The normalized spacial score (nSPS) is 24.3. The molecular formula is C11H12N2O. The van der Waals surface area contributed by atoms with Crippen molar-refractivity contribution in [2.75, 3.05) is 13.1 Å². The molecule has 0 saturated heterocycles. The van der Waals surface area contributed by atoms with E-state index in [0.29, 0.717) is 0 Å². The molecule has 1 unspecified atom stereocenters. The summed E-state index contributed by atoms with van der Waals surface area (Å²) < 4.78 is 5.74. The summed E-state index contributed by atoms with van der Waals surface area (Å²) >= 11 is 0. The molecule has 1 atom stereocenters. The van der Waals surface area contributed by atoms with Crippen LogP contribution in [0.5, 0.6) is 0 Å². The van der Waals surface area contributed by atoms with Gasteiger partial charge in [-0.1, -0.05) is 24.3 Å². The zero-order chi connectivity index (χ0) is 9.38. The van der Waals surface area contributed by atoms with Crippen LogP contribution in [0.1, 0.15) is 17.4 Å². The van der Waals surface area contributed by atoms with Crippen molar-refractivity contribution in [1.82, 2.24) is 4.90 Å². The molecule has 0 amide bonds. The Bertz CT molecular complexity index is 375. The molecule has 0 fully saturated rings. The van der Waals surface area contributed by atoms with Crippen LogP contribution in [0.3, 0.4) is 0 Å². The molecular weight excluding hydrogens is 176 g/mol. The highest BCUT2D eigenvalue weighted by Gasteiger charge is 2.27. The topological polar surface area (TPSA) is 24.8 Å². The van der Waals surface area contributed by atoms with E-state index < -0.39 is 0 Å². The Labute approximate surface area is 83.0 Å². The molecule has 0 N–H and O–H groups in total. The highest BCUT2D eigenvalue weighted by Crippen LogP contribution is 2.32. The Hall–Kier alpha value is -1.35. The summed E-state index contributed by atoms with van der Waals surface area (Å²) in [4.78, 5) is 6.36. The van der Waals surface area contributed by atoms with E-state index in [4.69, 9.17) is 4.74 Å². The van der Waals surface area contributed by atoms with Crippen molar-refractivity contribution in [3.63, 3.8) is 0 Å². The van der Waals surface area contributed by atoms with Gasteiger partial charge in [0, 0.05) is 12.1 Å². The molecule has 1 aromatic rings. The molecule has 14 heavy (non-hydrogen) atoms. The summed E-state index contributed by atoms with van der Waals surface area (Å²) in [5.41, 5.74) is 2.60. The number of rotatable bonds is 1. The predicted octanol–water partition coefficient (Wildman–Crippen LogP) is 1.56. The van der Waals surface area contributed by atoms with Crippen molar-refractivity contribution in [3.05, 3.63) is 35.4 Å². The van der Waals surface area contributed by atoms with Gasteiger partial charge in [-0.3, -0.25) is 4.99 Å². The van der Waals surface area contributed by atoms with E-state index >= 15 is 0 Å². The van der Waals surface area contributed by atoms with Crippen molar-refractivity contribution in [2.24, 2.45) is 4.99 Å². The summed E-state index contributed by atoms with van der Waals surface area (Å²) in [6, 6.07) is 8.39. The fourth-order valence-corrected chi connectivity index (χ4v) is 2.01. The molecule has 1 aromatic carbocycles. The van der Waals surface area contributed by atoms with Crippen LogP contribution < -0.4 is 0 Å². The first-order valence-corrected chi connectivity index (χ1v) is 4.90. The van der Waals surface area contributed by atoms with E-state index in [2.05, 4.69) is 34.2 Å². The number of benzene rings is 1. The van der Waals surface area contributed by atoms with E-state index in [1.165, 1.54) is 11.1 Å². The number of hydrogen-bond acceptors (Lipinski definition) is 3. The van der Waals surface area contributed by atoms with Crippen LogP contribution in [0.2, 0.25) is 0 Å². The standard InChI is InChI=1S/C11H12N2O/c1-2-4-10-9(3-1)7-14-11(10)13-6-5-12-8-13/h1-4,8,11H,5-7H2. The highest BCUT2D eigenvalue weighted by molar-refractivity contribution is 5.58. The minimum atomic E-state index is 0.0949. The van der Waals surface area contributed by atoms with E-state index in [9.17, 15) is 0 Å². The molecule has 3 nitrogen and oxygen atoms in total. The number of nitrogens with zero attached hydrogens (tertiary/aromatic N) is 2. The van der Waals surface area contributed by atoms with Crippen molar-refractivity contribution >= 4 is 6.34 Å². The Balaban J connectivity index is 1.93. The molecule has 3 rings (SSSR count). The first-order chi connectivity index (χ1) is 6.95. The number of fused-ring (bicyclic) bond motifs is 1. The molecule has 0 saturated carbocycles. The third-order valence-electron chi connectivity index (χ3n) is 2.74. The van der Waals surface area contributed by atoms with Gasteiger partial charge in [-0.25, -0.2) is 0 Å². The molecule has 0 aromatic heterocycles. The molecule has 3 heteroatoms. The average molecular weight is 188 g/mol. The Morgan fingerprint density at radius 1 is 1.36 bits per heavy atom. The van der Waals surface area contributed by atoms with Crippen LogP contribution >= 0.6 is 0 Å². The third-order valence-corrected chi connectivity index (χ3v) is 2.74. The maximum absolute atomic E-state index is 5.74. The van der Waals surface area contributed by atoms with Gasteiger partial charge in [0.2, 0.25) is 0 Å². The fraction of sp³-hybridized carbons (Fsp3) is 0.364. The maximum atomic E-state index is 5.74. The van der Waals surface area contributed by atoms with Crippen LogP contribution in [-0.4, -0.2) is 24.3 Å². The molecule has 0 radical (unpaired) electrons. The van der Waals surface area contributed by atoms with Gasteiger partial charge in [0.1, 0.15) is 0 Å². The zero-order valence-corrected chi connectivity index (χ0v) is 7.89. The van der Waals surface area contributed by atoms with Crippen molar-refractivity contribution in [3.8, 4) is 0 Å². The molecule has 2 aliphatic rings. The summed E-state index contributed by atoms with van der Waals surface area (Å²) in [6.07, 6.45) is 1.99. The van der Waals surface area contributed by atoms with Crippen LogP contribution in [0, 0.1) is 0 Å². The van der Waals surface area contributed by atoms with Gasteiger partial charge in [-0.2, -0.15) is 0 Å². The molecule has 2 aliphatic heterocycles. The average Bonchev–Trinajstić information content (AvgIpc) is 2.85. The first-order valence-electron chi connectivity index (χ1n) is 4.90. The Kier molecular flexibility index (Phi) is 1.77. The maximum Gasteiger partial charge on any atom is 0.157 e. The van der Waals surface area contributed by atoms with Gasteiger partial charge in [0.05, 0.1) is 19.5 Å². The van der Waals surface area contributed by atoms with Crippen molar-refractivity contribution < 1.29 is 4.74 Å². The Morgan fingerprint density at radius 2 is 2.29 bits per heavy atom. The molecule has 0 spiro atoms. The largest absolute Gasteiger partial charge is 0.349 e. The van der Waals surface area contributed by atoms with Crippen molar-refractivity contribution in [2.45, 2.75) is 12.8 Å². The molecule has 0 aliphatic carbocycles. The third kappa shape index (κ3) is 1.13. The van der Waals surface area contributed by atoms with E-state index in [1.54, 1.807) is 0 Å². The minimum absolute atomic E-state index is 0.0949. The second-order valence-corrected chi connectivity index (χ2v) is 3.62. The molecule has 72 valence electrons. The van der Waals surface area contributed by atoms with Crippen LogP contribution in [0.15, 0.2) is 29.3 Å². The van der Waals surface area contributed by atoms with Crippen LogP contribution in [0.25, 0.3) is 0 Å². The fourth-order valence-electron chi connectivity index (χ4n) is 2.01. The van der Waals surface area contributed by atoms with Gasteiger partial charge in [-0.05, 0) is 5.56 Å². The first kappa shape index (κ1) is 8.00. The summed E-state index contributed by atoms with van der Waals surface area (Å²) in [5.74, 6) is 0. The lowest BCUT2D eigenvalue weighted by molar-refractivity contribution is -0.0101. The number of hydrogen-bond donors (Lipinski definition) is 0. The quantitative estimate of drug-likeness (QED) is 0.668. The minimum Gasteiger partial charge on any atom is -0.349 e. The number of aliphatic imine (C=N–C) groups is 1. The van der Waals surface area contributed by atoms with Gasteiger partial charge < -0.3 is 9.64 Å². The summed E-state index contributed by atoms with van der Waals surface area (Å²) in [6.45, 7) is 2.59. The van der Waals surface area contributed by atoms with E-state index in [0.717, 1.165) is 19.7 Å².